The number of fused-ring (bicyclic) bond motifs is 1. The number of hydrogen-bond acceptors (Lipinski definition) is 3. The van der Waals surface area contributed by atoms with Crippen molar-refractivity contribution in [2.45, 2.75) is 0 Å². The van der Waals surface area contributed by atoms with E-state index in [-0.39, 0.29) is 22.4 Å². The molecule has 3 aromatic rings. The summed E-state index contributed by atoms with van der Waals surface area (Å²) in [5.74, 6) is -2.11. The number of pyridine rings is 1. The SMILES string of the molecule is C=C=C(OC)c1ccn2cc(-c3c(F)cc(F)cc3/C(=C/NC)C(=C)F)nc2c1. The summed E-state index contributed by atoms with van der Waals surface area (Å²) in [5.41, 5.74) is 3.93. The summed E-state index contributed by atoms with van der Waals surface area (Å²) in [6.07, 6.45) is 4.56. The van der Waals surface area contributed by atoms with Crippen molar-refractivity contribution in [2.24, 2.45) is 0 Å². The van der Waals surface area contributed by atoms with E-state index in [0.29, 0.717) is 17.0 Å². The fourth-order valence-corrected chi connectivity index (χ4v) is 3.03. The quantitative estimate of drug-likeness (QED) is 0.358. The summed E-state index contributed by atoms with van der Waals surface area (Å²) >= 11 is 0. The number of hydrogen-bond donors (Lipinski definition) is 1. The number of nitrogens with zero attached hydrogens (tertiary/aromatic N) is 2. The summed E-state index contributed by atoms with van der Waals surface area (Å²) in [6, 6.07) is 5.24. The molecule has 0 bridgehead atoms. The Morgan fingerprint density at radius 3 is 2.69 bits per heavy atom. The molecule has 148 valence electrons. The second kappa shape index (κ2) is 8.12. The number of allylic oxidation sites excluding steroid dienone is 2. The van der Waals surface area contributed by atoms with Crippen molar-refractivity contribution in [2.75, 3.05) is 14.2 Å². The molecule has 4 nitrogen and oxygen atoms in total. The molecule has 0 saturated carbocycles. The van der Waals surface area contributed by atoms with Crippen LogP contribution in [0.2, 0.25) is 0 Å². The molecular formula is C22H18F3N3O. The number of aromatic nitrogens is 2. The first-order valence-electron chi connectivity index (χ1n) is 8.54. The first kappa shape index (κ1) is 20.0. The monoisotopic (exact) mass is 397 g/mol. The minimum atomic E-state index is -0.865. The van der Waals surface area contributed by atoms with Gasteiger partial charge in [-0.25, -0.2) is 18.2 Å². The van der Waals surface area contributed by atoms with Gasteiger partial charge in [0.05, 0.1) is 12.8 Å². The third kappa shape index (κ3) is 3.81. The minimum Gasteiger partial charge on any atom is -0.489 e. The minimum absolute atomic E-state index is 0.00320. The molecule has 2 aromatic heterocycles. The lowest BCUT2D eigenvalue weighted by atomic mass is 9.97. The number of nitrogens with one attached hydrogen (secondary N) is 1. The zero-order valence-electron chi connectivity index (χ0n) is 15.9. The van der Waals surface area contributed by atoms with Crippen molar-refractivity contribution in [3.63, 3.8) is 0 Å². The molecule has 0 fully saturated rings. The van der Waals surface area contributed by atoms with Gasteiger partial charge in [0.25, 0.3) is 0 Å². The maximum Gasteiger partial charge on any atom is 0.168 e. The van der Waals surface area contributed by atoms with E-state index in [9.17, 15) is 13.2 Å². The Bertz CT molecular complexity index is 1190. The number of benzene rings is 1. The molecule has 0 amide bonds. The molecule has 0 saturated heterocycles. The maximum absolute atomic E-state index is 14.8. The largest absolute Gasteiger partial charge is 0.489 e. The second-order valence-corrected chi connectivity index (χ2v) is 6.08. The highest BCUT2D eigenvalue weighted by Crippen LogP contribution is 2.35. The first-order valence-corrected chi connectivity index (χ1v) is 8.54. The molecule has 29 heavy (non-hydrogen) atoms. The van der Waals surface area contributed by atoms with Gasteiger partial charge in [-0.1, -0.05) is 18.9 Å². The summed E-state index contributed by atoms with van der Waals surface area (Å²) in [4.78, 5) is 4.43. The Labute approximate surface area is 166 Å². The van der Waals surface area contributed by atoms with Crippen LogP contribution in [0.25, 0.3) is 28.2 Å². The predicted molar refractivity (Wildman–Crippen MR) is 107 cm³/mol. The molecule has 0 aliphatic heterocycles. The lowest BCUT2D eigenvalue weighted by Crippen LogP contribution is -2.01. The van der Waals surface area contributed by atoms with E-state index >= 15 is 0 Å². The van der Waals surface area contributed by atoms with Crippen LogP contribution in [0.1, 0.15) is 11.1 Å². The van der Waals surface area contributed by atoms with Gasteiger partial charge in [-0.15, -0.1) is 0 Å². The van der Waals surface area contributed by atoms with Crippen LogP contribution in [0.5, 0.6) is 0 Å². The van der Waals surface area contributed by atoms with E-state index in [1.807, 2.05) is 0 Å². The smallest absolute Gasteiger partial charge is 0.168 e. The molecule has 0 unspecified atom stereocenters. The highest BCUT2D eigenvalue weighted by Gasteiger charge is 2.21. The molecule has 2 heterocycles. The number of ether oxygens (including phenoxy) is 1. The van der Waals surface area contributed by atoms with Gasteiger partial charge in [0, 0.05) is 54.0 Å². The second-order valence-electron chi connectivity index (χ2n) is 6.08. The van der Waals surface area contributed by atoms with Crippen molar-refractivity contribution in [1.82, 2.24) is 14.7 Å². The van der Waals surface area contributed by atoms with Crippen molar-refractivity contribution in [3.8, 4) is 11.3 Å². The van der Waals surface area contributed by atoms with E-state index in [0.717, 1.165) is 12.1 Å². The Morgan fingerprint density at radius 2 is 2.07 bits per heavy atom. The molecular weight excluding hydrogens is 379 g/mol. The summed E-state index contributed by atoms with van der Waals surface area (Å²) in [5, 5.41) is 2.66. The highest BCUT2D eigenvalue weighted by molar-refractivity contribution is 5.86. The zero-order valence-corrected chi connectivity index (χ0v) is 15.9. The van der Waals surface area contributed by atoms with E-state index in [2.05, 4.69) is 29.2 Å². The van der Waals surface area contributed by atoms with E-state index in [4.69, 9.17) is 4.74 Å². The molecule has 0 aliphatic rings. The van der Waals surface area contributed by atoms with Gasteiger partial charge in [0.1, 0.15) is 23.1 Å². The van der Waals surface area contributed by atoms with Crippen molar-refractivity contribution in [3.05, 3.63) is 90.3 Å². The van der Waals surface area contributed by atoms with Crippen LogP contribution in [-0.2, 0) is 4.74 Å². The molecule has 1 N–H and O–H groups in total. The van der Waals surface area contributed by atoms with Gasteiger partial charge >= 0.3 is 0 Å². The van der Waals surface area contributed by atoms with Crippen LogP contribution < -0.4 is 5.32 Å². The Balaban J connectivity index is 2.25. The summed E-state index contributed by atoms with van der Waals surface area (Å²) in [6.45, 7) is 6.83. The van der Waals surface area contributed by atoms with Crippen LogP contribution >= 0.6 is 0 Å². The van der Waals surface area contributed by atoms with E-state index < -0.39 is 17.5 Å². The molecule has 1 aromatic carbocycles. The summed E-state index contributed by atoms with van der Waals surface area (Å²) < 4.78 is 49.6. The van der Waals surface area contributed by atoms with Crippen LogP contribution in [0.15, 0.2) is 67.6 Å². The average Bonchev–Trinajstić information content (AvgIpc) is 3.09. The normalized spacial score (nSPS) is 11.3. The lowest BCUT2D eigenvalue weighted by molar-refractivity contribution is 0.371. The molecule has 0 aliphatic carbocycles. The van der Waals surface area contributed by atoms with E-state index in [1.54, 1.807) is 36.0 Å². The number of rotatable bonds is 6. The molecule has 0 atom stereocenters. The van der Waals surface area contributed by atoms with Crippen molar-refractivity contribution >= 4 is 17.0 Å². The van der Waals surface area contributed by atoms with Gasteiger partial charge in [-0.05, 0) is 18.2 Å². The molecule has 7 heteroatoms. The van der Waals surface area contributed by atoms with Crippen LogP contribution in [0, 0.1) is 11.6 Å². The van der Waals surface area contributed by atoms with Crippen molar-refractivity contribution in [1.29, 1.82) is 0 Å². The predicted octanol–water partition coefficient (Wildman–Crippen LogP) is 5.10. The van der Waals surface area contributed by atoms with Gasteiger partial charge in [-0.2, -0.15) is 0 Å². The average molecular weight is 397 g/mol. The van der Waals surface area contributed by atoms with Gasteiger partial charge in [0.2, 0.25) is 0 Å². The standard InChI is InChI=1S/C22H18F3N3O/c1-5-20(29-4)14-6-7-28-12-19(27-21(28)8-14)22-16(9-15(24)10-18(22)25)17(11-26-3)13(2)23/h6-12,26H,1-2H2,3-4H3/b17-11+. The van der Waals surface area contributed by atoms with Gasteiger partial charge < -0.3 is 14.5 Å². The van der Waals surface area contributed by atoms with Crippen LogP contribution in [-0.4, -0.2) is 23.5 Å². The van der Waals surface area contributed by atoms with Gasteiger partial charge in [0.15, 0.2) is 5.76 Å². The Kier molecular flexibility index (Phi) is 5.61. The van der Waals surface area contributed by atoms with E-state index in [1.165, 1.54) is 13.3 Å². The molecule has 0 spiro atoms. The first-order chi connectivity index (χ1) is 13.9. The molecule has 3 rings (SSSR count). The lowest BCUT2D eigenvalue weighted by Gasteiger charge is -2.12. The number of imidazole rings is 1. The number of halogens is 3. The van der Waals surface area contributed by atoms with Gasteiger partial charge in [-0.3, -0.25) is 0 Å². The fraction of sp³-hybridized carbons (Fsp3) is 0.0909. The van der Waals surface area contributed by atoms with Crippen LogP contribution in [0.4, 0.5) is 13.2 Å². The van der Waals surface area contributed by atoms with Crippen LogP contribution in [0.3, 0.4) is 0 Å². The Morgan fingerprint density at radius 1 is 1.31 bits per heavy atom. The third-order valence-corrected chi connectivity index (χ3v) is 4.27. The maximum atomic E-state index is 14.8. The third-order valence-electron chi connectivity index (χ3n) is 4.27. The van der Waals surface area contributed by atoms with Crippen molar-refractivity contribution < 1.29 is 17.9 Å². The highest BCUT2D eigenvalue weighted by atomic mass is 19.1. The topological polar surface area (TPSA) is 38.6 Å². The summed E-state index contributed by atoms with van der Waals surface area (Å²) in [7, 11) is 3.04. The zero-order chi connectivity index (χ0) is 21.1. The number of methoxy groups -OCH3 is 1. The fourth-order valence-electron chi connectivity index (χ4n) is 3.03. The Hall–Kier alpha value is -3.70. The molecule has 0 radical (unpaired) electrons.